The summed E-state index contributed by atoms with van der Waals surface area (Å²) in [5.41, 5.74) is 1.74. The second-order valence-electron chi connectivity index (χ2n) is 6.74. The molecule has 0 saturated heterocycles. The zero-order chi connectivity index (χ0) is 14.8. The molecule has 112 valence electrons. The molecule has 1 aliphatic rings. The van der Waals surface area contributed by atoms with Gasteiger partial charge in [-0.05, 0) is 49.1 Å². The van der Waals surface area contributed by atoms with E-state index in [0.29, 0.717) is 11.5 Å². The van der Waals surface area contributed by atoms with Crippen LogP contribution in [0.1, 0.15) is 73.5 Å². The fraction of sp³-hybridized carbons (Fsp3) is 0.706. The van der Waals surface area contributed by atoms with Crippen molar-refractivity contribution < 1.29 is 4.79 Å². The van der Waals surface area contributed by atoms with E-state index in [-0.39, 0.29) is 5.91 Å². The Morgan fingerprint density at radius 3 is 2.75 bits per heavy atom. The molecule has 0 radical (unpaired) electrons. The highest BCUT2D eigenvalue weighted by atomic mass is 32.1. The lowest BCUT2D eigenvalue weighted by molar-refractivity contribution is 0.0940. The fourth-order valence-corrected chi connectivity index (χ4v) is 4.39. The summed E-state index contributed by atoms with van der Waals surface area (Å²) >= 11 is 1.69. The van der Waals surface area contributed by atoms with Crippen molar-refractivity contribution >= 4 is 17.2 Å². The van der Waals surface area contributed by atoms with Crippen molar-refractivity contribution in [1.29, 1.82) is 0 Å². The van der Waals surface area contributed by atoms with E-state index in [1.807, 2.05) is 0 Å². The summed E-state index contributed by atoms with van der Waals surface area (Å²) < 4.78 is 0. The molecular formula is C17H27NOS. The van der Waals surface area contributed by atoms with Gasteiger partial charge >= 0.3 is 0 Å². The van der Waals surface area contributed by atoms with Crippen LogP contribution in [-0.4, -0.2) is 11.9 Å². The Morgan fingerprint density at radius 2 is 2.20 bits per heavy atom. The van der Waals surface area contributed by atoms with Crippen molar-refractivity contribution in [3.63, 3.8) is 0 Å². The number of nitrogens with one attached hydrogen (secondary N) is 1. The lowest BCUT2D eigenvalue weighted by Gasteiger charge is -2.17. The van der Waals surface area contributed by atoms with Crippen molar-refractivity contribution in [1.82, 2.24) is 5.32 Å². The molecule has 1 amide bonds. The second-order valence-corrected chi connectivity index (χ2v) is 7.88. The summed E-state index contributed by atoms with van der Waals surface area (Å²) in [6.07, 6.45) is 6.70. The minimum absolute atomic E-state index is 0.134. The molecule has 1 atom stereocenters. The Hall–Kier alpha value is -0.830. The second kappa shape index (κ2) is 6.30. The van der Waals surface area contributed by atoms with Crippen LogP contribution >= 0.6 is 11.3 Å². The molecule has 1 aliphatic carbocycles. The van der Waals surface area contributed by atoms with Gasteiger partial charge in [-0.25, -0.2) is 0 Å². The molecule has 1 aromatic heterocycles. The fourth-order valence-electron chi connectivity index (χ4n) is 3.13. The van der Waals surface area contributed by atoms with Gasteiger partial charge in [-0.3, -0.25) is 4.79 Å². The summed E-state index contributed by atoms with van der Waals surface area (Å²) in [6.45, 7) is 8.94. The normalized spacial score (nSPS) is 21.1. The van der Waals surface area contributed by atoms with Crippen LogP contribution in [0.2, 0.25) is 0 Å². The molecule has 0 aromatic carbocycles. The van der Waals surface area contributed by atoms with Gasteiger partial charge < -0.3 is 5.32 Å². The van der Waals surface area contributed by atoms with E-state index >= 15 is 0 Å². The lowest BCUT2D eigenvalue weighted by Crippen LogP contribution is -2.33. The summed E-state index contributed by atoms with van der Waals surface area (Å²) in [4.78, 5) is 14.7. The first-order chi connectivity index (χ1) is 9.45. The van der Waals surface area contributed by atoms with Gasteiger partial charge in [0.25, 0.3) is 5.91 Å². The smallest absolute Gasteiger partial charge is 0.261 e. The highest BCUT2D eigenvalue weighted by Crippen LogP contribution is 2.37. The number of aryl methyl sites for hydroxylation is 2. The predicted octanol–water partition coefficient (Wildman–Crippen LogP) is 4.57. The first-order valence-electron chi connectivity index (χ1n) is 7.87. The van der Waals surface area contributed by atoms with Gasteiger partial charge in [0.2, 0.25) is 0 Å². The van der Waals surface area contributed by atoms with Crippen LogP contribution in [0.5, 0.6) is 0 Å². The predicted molar refractivity (Wildman–Crippen MR) is 86.6 cm³/mol. The zero-order valence-corrected chi connectivity index (χ0v) is 14.0. The molecule has 0 bridgehead atoms. The van der Waals surface area contributed by atoms with Crippen molar-refractivity contribution in [2.75, 3.05) is 0 Å². The molecule has 1 fully saturated rings. The van der Waals surface area contributed by atoms with Crippen LogP contribution in [0.3, 0.4) is 0 Å². The zero-order valence-electron chi connectivity index (χ0n) is 13.2. The van der Waals surface area contributed by atoms with Crippen LogP contribution in [0, 0.1) is 5.41 Å². The van der Waals surface area contributed by atoms with E-state index in [9.17, 15) is 4.79 Å². The number of amides is 1. The molecule has 1 N–H and O–H groups in total. The molecule has 0 aliphatic heterocycles. The molecule has 1 saturated carbocycles. The number of hydrogen-bond donors (Lipinski definition) is 1. The summed E-state index contributed by atoms with van der Waals surface area (Å²) in [6, 6.07) is 2.46. The van der Waals surface area contributed by atoms with Crippen LogP contribution in [0.25, 0.3) is 0 Å². The highest BCUT2D eigenvalue weighted by Gasteiger charge is 2.32. The molecule has 3 heteroatoms. The average molecular weight is 293 g/mol. The van der Waals surface area contributed by atoms with E-state index in [2.05, 4.69) is 39.1 Å². The maximum Gasteiger partial charge on any atom is 0.261 e. The maximum atomic E-state index is 12.4. The van der Waals surface area contributed by atoms with Gasteiger partial charge in [0.15, 0.2) is 0 Å². The standard InChI is InChI=1S/C17H27NOS/c1-5-7-14-12(6-2)10-15(20-14)16(19)18-13-8-9-17(3,4)11-13/h10,13H,5-9,11H2,1-4H3,(H,18,19). The SMILES string of the molecule is CCCc1sc(C(=O)NC2CCC(C)(C)C2)cc1CC. The molecule has 1 unspecified atom stereocenters. The van der Waals surface area contributed by atoms with Crippen LogP contribution in [-0.2, 0) is 12.8 Å². The number of hydrogen-bond acceptors (Lipinski definition) is 2. The third-order valence-electron chi connectivity index (χ3n) is 4.28. The number of carbonyl (C=O) groups is 1. The van der Waals surface area contributed by atoms with Crippen LogP contribution < -0.4 is 5.32 Å². The first kappa shape index (κ1) is 15.6. The number of rotatable bonds is 5. The van der Waals surface area contributed by atoms with E-state index in [4.69, 9.17) is 0 Å². The minimum atomic E-state index is 0.134. The molecule has 2 rings (SSSR count). The molecular weight excluding hydrogens is 266 g/mol. The van der Waals surface area contributed by atoms with Gasteiger partial charge in [0.05, 0.1) is 4.88 Å². The highest BCUT2D eigenvalue weighted by molar-refractivity contribution is 7.14. The minimum Gasteiger partial charge on any atom is -0.349 e. The van der Waals surface area contributed by atoms with E-state index in [0.717, 1.165) is 37.0 Å². The molecule has 1 heterocycles. The van der Waals surface area contributed by atoms with Crippen molar-refractivity contribution in [3.05, 3.63) is 21.4 Å². The Bertz CT molecular complexity index is 475. The van der Waals surface area contributed by atoms with Crippen LogP contribution in [0.15, 0.2) is 6.07 Å². The molecule has 20 heavy (non-hydrogen) atoms. The van der Waals surface area contributed by atoms with Gasteiger partial charge in [-0.15, -0.1) is 11.3 Å². The quantitative estimate of drug-likeness (QED) is 0.846. The first-order valence-corrected chi connectivity index (χ1v) is 8.69. The van der Waals surface area contributed by atoms with Gasteiger partial charge in [-0.2, -0.15) is 0 Å². The van der Waals surface area contributed by atoms with Gasteiger partial charge in [0, 0.05) is 10.9 Å². The third kappa shape index (κ3) is 3.63. The van der Waals surface area contributed by atoms with E-state index in [1.54, 1.807) is 11.3 Å². The largest absolute Gasteiger partial charge is 0.349 e. The number of thiophene rings is 1. The average Bonchev–Trinajstić information content (AvgIpc) is 2.93. The summed E-state index contributed by atoms with van der Waals surface area (Å²) in [5.74, 6) is 0.134. The van der Waals surface area contributed by atoms with E-state index in [1.165, 1.54) is 16.9 Å². The van der Waals surface area contributed by atoms with Crippen molar-refractivity contribution in [2.45, 2.75) is 72.3 Å². The molecule has 1 aromatic rings. The molecule has 0 spiro atoms. The van der Waals surface area contributed by atoms with Crippen LogP contribution in [0.4, 0.5) is 0 Å². The van der Waals surface area contributed by atoms with Crippen molar-refractivity contribution in [2.24, 2.45) is 5.41 Å². The molecule has 2 nitrogen and oxygen atoms in total. The Kier molecular flexibility index (Phi) is 4.90. The van der Waals surface area contributed by atoms with Gasteiger partial charge in [-0.1, -0.05) is 34.1 Å². The summed E-state index contributed by atoms with van der Waals surface area (Å²) in [7, 11) is 0. The Morgan fingerprint density at radius 1 is 1.45 bits per heavy atom. The maximum absolute atomic E-state index is 12.4. The Labute approximate surface area is 127 Å². The van der Waals surface area contributed by atoms with Gasteiger partial charge in [0.1, 0.15) is 0 Å². The van der Waals surface area contributed by atoms with Crippen molar-refractivity contribution in [3.8, 4) is 0 Å². The Balaban J connectivity index is 2.02. The number of carbonyl (C=O) groups excluding carboxylic acids is 1. The topological polar surface area (TPSA) is 29.1 Å². The van der Waals surface area contributed by atoms with E-state index < -0.39 is 0 Å². The summed E-state index contributed by atoms with van der Waals surface area (Å²) in [5, 5.41) is 3.23. The lowest BCUT2D eigenvalue weighted by atomic mass is 9.92. The third-order valence-corrected chi connectivity index (χ3v) is 5.52. The monoisotopic (exact) mass is 293 g/mol.